The molecular weight excluding hydrogens is 326 g/mol. The summed E-state index contributed by atoms with van der Waals surface area (Å²) in [5.74, 6) is 0.731. The normalized spacial score (nSPS) is 10.8. The van der Waals surface area contributed by atoms with Crippen LogP contribution in [0.15, 0.2) is 67.3 Å². The molecule has 0 amide bonds. The van der Waals surface area contributed by atoms with E-state index in [-0.39, 0.29) is 5.78 Å². The summed E-state index contributed by atoms with van der Waals surface area (Å²) in [6.45, 7) is 0.622. The molecule has 4 aromatic rings. The van der Waals surface area contributed by atoms with Gasteiger partial charge in [-0.2, -0.15) is 0 Å². The molecule has 0 aliphatic heterocycles. The van der Waals surface area contributed by atoms with Crippen molar-refractivity contribution < 1.29 is 4.79 Å². The van der Waals surface area contributed by atoms with Gasteiger partial charge >= 0.3 is 0 Å². The lowest BCUT2D eigenvalue weighted by atomic mass is 10.0. The highest BCUT2D eigenvalue weighted by atomic mass is 16.1. The van der Waals surface area contributed by atoms with Crippen LogP contribution in [-0.2, 0) is 6.54 Å². The highest BCUT2D eigenvalue weighted by molar-refractivity contribution is 6.08. The predicted molar refractivity (Wildman–Crippen MR) is 100 cm³/mol. The zero-order valence-corrected chi connectivity index (χ0v) is 14.3. The number of rotatable bonds is 5. The first-order chi connectivity index (χ1) is 12.8. The van der Waals surface area contributed by atoms with Gasteiger partial charge in [0.05, 0.1) is 12.9 Å². The minimum absolute atomic E-state index is 0.0247. The molecule has 0 radical (unpaired) electrons. The summed E-state index contributed by atoms with van der Waals surface area (Å²) in [7, 11) is 1.81. The number of hydrogen-bond acceptors (Lipinski definition) is 5. The number of nitrogens with zero attached hydrogens (tertiary/aromatic N) is 4. The Balaban J connectivity index is 1.58. The lowest BCUT2D eigenvalue weighted by Gasteiger charge is -2.06. The van der Waals surface area contributed by atoms with E-state index >= 15 is 0 Å². The van der Waals surface area contributed by atoms with Crippen LogP contribution < -0.4 is 5.32 Å². The Morgan fingerprint density at radius 1 is 0.962 bits per heavy atom. The quantitative estimate of drug-likeness (QED) is 0.564. The van der Waals surface area contributed by atoms with E-state index in [1.165, 1.54) is 6.33 Å². The Morgan fingerprint density at radius 2 is 1.69 bits per heavy atom. The third kappa shape index (κ3) is 2.93. The molecule has 0 spiro atoms. The maximum absolute atomic E-state index is 12.5. The molecule has 0 fully saturated rings. The molecule has 2 aromatic heterocycles. The van der Waals surface area contributed by atoms with E-state index in [0.29, 0.717) is 23.5 Å². The molecule has 6 nitrogen and oxygen atoms in total. The maximum atomic E-state index is 12.5. The van der Waals surface area contributed by atoms with Crippen LogP contribution in [0.25, 0.3) is 11.2 Å². The van der Waals surface area contributed by atoms with E-state index in [2.05, 4.69) is 20.3 Å². The van der Waals surface area contributed by atoms with Crippen molar-refractivity contribution >= 4 is 22.8 Å². The molecule has 128 valence electrons. The summed E-state index contributed by atoms with van der Waals surface area (Å²) in [6.07, 6.45) is 3.27. The number of ketones is 1. The molecule has 0 saturated carbocycles. The van der Waals surface area contributed by atoms with Crippen LogP contribution >= 0.6 is 0 Å². The minimum atomic E-state index is 0.0247. The van der Waals surface area contributed by atoms with Gasteiger partial charge < -0.3 is 9.88 Å². The molecule has 0 aliphatic rings. The fraction of sp³-hybridized carbons (Fsp3) is 0.100. The Hall–Kier alpha value is -3.54. The first-order valence-corrected chi connectivity index (χ1v) is 8.28. The van der Waals surface area contributed by atoms with Gasteiger partial charge in [-0.3, -0.25) is 4.79 Å². The molecular formula is C20H17N5O. The standard InChI is InChI=1S/C20H17N5O/c1-21-19-17-20(23-12-22-19)25(13-24-17)11-14-7-9-16(10-8-14)18(26)15-5-3-2-4-6-15/h2-10,12-13H,11H2,1H3,(H,21,22,23). The van der Waals surface area contributed by atoms with Gasteiger partial charge in [0.15, 0.2) is 17.2 Å². The van der Waals surface area contributed by atoms with Gasteiger partial charge in [0, 0.05) is 18.2 Å². The van der Waals surface area contributed by atoms with Crippen molar-refractivity contribution in [3.8, 4) is 0 Å². The average molecular weight is 343 g/mol. The van der Waals surface area contributed by atoms with Gasteiger partial charge in [-0.25, -0.2) is 15.0 Å². The Morgan fingerprint density at radius 3 is 2.42 bits per heavy atom. The SMILES string of the molecule is CNc1ncnc2c1ncn2Cc1ccc(C(=O)c2ccccc2)cc1. The second-order valence-corrected chi connectivity index (χ2v) is 5.91. The zero-order chi connectivity index (χ0) is 17.9. The number of hydrogen-bond donors (Lipinski definition) is 1. The van der Waals surface area contributed by atoms with E-state index in [0.717, 1.165) is 16.7 Å². The van der Waals surface area contributed by atoms with Crippen LogP contribution in [0, 0.1) is 0 Å². The highest BCUT2D eigenvalue weighted by Crippen LogP contribution is 2.18. The van der Waals surface area contributed by atoms with Crippen molar-refractivity contribution in [3.63, 3.8) is 0 Å². The monoisotopic (exact) mass is 343 g/mol. The topological polar surface area (TPSA) is 72.7 Å². The molecule has 2 heterocycles. The number of carbonyl (C=O) groups excluding carboxylic acids is 1. The van der Waals surface area contributed by atoms with E-state index in [1.807, 2.05) is 66.2 Å². The van der Waals surface area contributed by atoms with Crippen LogP contribution in [0.2, 0.25) is 0 Å². The molecule has 0 atom stereocenters. The molecule has 26 heavy (non-hydrogen) atoms. The van der Waals surface area contributed by atoms with Crippen LogP contribution in [-0.4, -0.2) is 32.3 Å². The largest absolute Gasteiger partial charge is 0.371 e. The fourth-order valence-corrected chi connectivity index (χ4v) is 2.89. The average Bonchev–Trinajstić information content (AvgIpc) is 3.11. The first kappa shape index (κ1) is 16.0. The van der Waals surface area contributed by atoms with E-state index < -0.39 is 0 Å². The molecule has 0 saturated heterocycles. The summed E-state index contributed by atoms with van der Waals surface area (Å²) < 4.78 is 1.96. The van der Waals surface area contributed by atoms with Gasteiger partial charge in [0.25, 0.3) is 0 Å². The Bertz CT molecular complexity index is 1050. The Kier molecular flexibility index (Phi) is 4.15. The summed E-state index contributed by atoms with van der Waals surface area (Å²) in [6, 6.07) is 16.9. The van der Waals surface area contributed by atoms with Gasteiger partial charge in [0.1, 0.15) is 11.8 Å². The number of imidazole rings is 1. The summed E-state index contributed by atoms with van der Waals surface area (Å²) in [5, 5.41) is 3.02. The van der Waals surface area contributed by atoms with Gasteiger partial charge in [0.2, 0.25) is 0 Å². The molecule has 0 bridgehead atoms. The number of carbonyl (C=O) groups is 1. The van der Waals surface area contributed by atoms with Crippen molar-refractivity contribution in [2.24, 2.45) is 0 Å². The van der Waals surface area contributed by atoms with E-state index in [4.69, 9.17) is 0 Å². The molecule has 0 aliphatic carbocycles. The molecule has 4 rings (SSSR count). The minimum Gasteiger partial charge on any atom is -0.371 e. The van der Waals surface area contributed by atoms with Gasteiger partial charge in [-0.05, 0) is 5.56 Å². The third-order valence-corrected chi connectivity index (χ3v) is 4.24. The summed E-state index contributed by atoms with van der Waals surface area (Å²) in [4.78, 5) is 25.4. The number of anilines is 1. The summed E-state index contributed by atoms with van der Waals surface area (Å²) >= 11 is 0. The fourth-order valence-electron chi connectivity index (χ4n) is 2.89. The van der Waals surface area contributed by atoms with Gasteiger partial charge in [-0.1, -0.05) is 54.6 Å². The number of fused-ring (bicyclic) bond motifs is 1. The molecule has 1 N–H and O–H groups in total. The second-order valence-electron chi connectivity index (χ2n) is 5.91. The van der Waals surface area contributed by atoms with Crippen LogP contribution in [0.1, 0.15) is 21.5 Å². The third-order valence-electron chi connectivity index (χ3n) is 4.24. The zero-order valence-electron chi connectivity index (χ0n) is 14.3. The lowest BCUT2D eigenvalue weighted by molar-refractivity contribution is 0.103. The van der Waals surface area contributed by atoms with Crippen molar-refractivity contribution in [1.29, 1.82) is 0 Å². The number of aromatic nitrogens is 4. The maximum Gasteiger partial charge on any atom is 0.193 e. The highest BCUT2D eigenvalue weighted by Gasteiger charge is 2.11. The van der Waals surface area contributed by atoms with Crippen molar-refractivity contribution in [2.45, 2.75) is 6.54 Å². The lowest BCUT2D eigenvalue weighted by Crippen LogP contribution is -2.03. The van der Waals surface area contributed by atoms with Crippen LogP contribution in [0.4, 0.5) is 5.82 Å². The van der Waals surface area contributed by atoms with Crippen LogP contribution in [0.5, 0.6) is 0 Å². The second kappa shape index (κ2) is 6.76. The van der Waals surface area contributed by atoms with E-state index in [9.17, 15) is 4.79 Å². The molecule has 0 unspecified atom stereocenters. The Labute approximate surface area is 150 Å². The van der Waals surface area contributed by atoms with Crippen molar-refractivity contribution in [1.82, 2.24) is 19.5 Å². The first-order valence-electron chi connectivity index (χ1n) is 8.28. The van der Waals surface area contributed by atoms with Crippen LogP contribution in [0.3, 0.4) is 0 Å². The van der Waals surface area contributed by atoms with Crippen molar-refractivity contribution in [3.05, 3.63) is 83.9 Å². The summed E-state index contributed by atoms with van der Waals surface area (Å²) in [5.41, 5.74) is 3.95. The molecule has 6 heteroatoms. The van der Waals surface area contributed by atoms with Crippen molar-refractivity contribution in [2.75, 3.05) is 12.4 Å². The molecule has 2 aromatic carbocycles. The van der Waals surface area contributed by atoms with Gasteiger partial charge in [-0.15, -0.1) is 0 Å². The number of nitrogens with one attached hydrogen (secondary N) is 1. The number of benzene rings is 2. The van der Waals surface area contributed by atoms with E-state index in [1.54, 1.807) is 6.33 Å². The smallest absolute Gasteiger partial charge is 0.193 e. The predicted octanol–water partition coefficient (Wildman–Crippen LogP) is 3.15.